The Labute approximate surface area is 91.1 Å². The van der Waals surface area contributed by atoms with Crippen LogP contribution in [0.4, 0.5) is 0 Å². The number of rotatable bonds is 6. The molecule has 0 aliphatic rings. The van der Waals surface area contributed by atoms with Gasteiger partial charge < -0.3 is 0 Å². The van der Waals surface area contributed by atoms with Crippen LogP contribution in [0.25, 0.3) is 0 Å². The van der Waals surface area contributed by atoms with Gasteiger partial charge in [0.25, 0.3) is 0 Å². The van der Waals surface area contributed by atoms with Gasteiger partial charge in [-0.25, -0.2) is 0 Å². The van der Waals surface area contributed by atoms with Crippen LogP contribution in [-0.4, -0.2) is 0 Å². The molecular weight excluding hydrogens is 188 g/mol. The van der Waals surface area contributed by atoms with E-state index >= 15 is 0 Å². The van der Waals surface area contributed by atoms with Gasteiger partial charge in [-0.1, -0.05) is 56.8 Å². The second kappa shape index (κ2) is 6.28. The zero-order chi connectivity index (χ0) is 11.1. The summed E-state index contributed by atoms with van der Waals surface area (Å²) >= 11 is 1.50. The van der Waals surface area contributed by atoms with Crippen LogP contribution in [0.5, 0.6) is 0 Å². The van der Waals surface area contributed by atoms with Crippen molar-refractivity contribution in [3.8, 4) is 0 Å². The van der Waals surface area contributed by atoms with Gasteiger partial charge in [-0.2, -0.15) is 0 Å². The minimum atomic E-state index is 0.864. The van der Waals surface area contributed by atoms with Gasteiger partial charge in [0.15, 0.2) is 0 Å². The quantitative estimate of drug-likeness (QED) is 0.569. The molecule has 0 fully saturated rings. The van der Waals surface area contributed by atoms with Crippen molar-refractivity contribution in [3.05, 3.63) is 72.1 Å². The molecule has 0 heterocycles. The van der Waals surface area contributed by atoms with Crippen LogP contribution in [0, 0.1) is 0 Å². The van der Waals surface area contributed by atoms with Gasteiger partial charge in [0.2, 0.25) is 0 Å². The largest absolute Gasteiger partial charge is 0.0990 e. The van der Waals surface area contributed by atoms with Crippen LogP contribution < -0.4 is 0 Å². The van der Waals surface area contributed by atoms with Crippen molar-refractivity contribution < 1.29 is 0 Å². The highest BCUT2D eigenvalue weighted by atomic mass is 32.2. The van der Waals surface area contributed by atoms with E-state index in [0.717, 1.165) is 21.6 Å². The van der Waals surface area contributed by atoms with E-state index in [1.807, 2.05) is 6.92 Å². The topological polar surface area (TPSA) is 0 Å². The Morgan fingerprint density at radius 2 is 1.64 bits per heavy atom. The van der Waals surface area contributed by atoms with Crippen LogP contribution in [0.2, 0.25) is 0 Å². The van der Waals surface area contributed by atoms with E-state index < -0.39 is 0 Å². The summed E-state index contributed by atoms with van der Waals surface area (Å²) in [5, 5.41) is 1.75. The summed E-state index contributed by atoms with van der Waals surface area (Å²) in [5.41, 5.74) is 2.91. The third-order valence-electron chi connectivity index (χ3n) is 1.84. The predicted molar refractivity (Wildman–Crippen MR) is 69.2 cm³/mol. The molecule has 74 valence electrons. The normalized spacial score (nSPS) is 11.2. The minimum Gasteiger partial charge on any atom is -0.0990 e. The average molecular weight is 204 g/mol. The Kier molecular flexibility index (Phi) is 5.73. The van der Waals surface area contributed by atoms with Crippen LogP contribution in [0.3, 0.4) is 0 Å². The molecule has 1 heteroatoms. The number of hydrogen-bond donors (Lipinski definition) is 0. The molecule has 0 aromatic heterocycles. The number of allylic oxidation sites excluding steroid dienone is 5. The van der Waals surface area contributed by atoms with Crippen molar-refractivity contribution in [1.29, 1.82) is 0 Å². The molecule has 0 N–H and O–H groups in total. The predicted octanol–water partition coefficient (Wildman–Crippen LogP) is 4.62. The molecule has 0 saturated carbocycles. The maximum atomic E-state index is 3.94. The first-order chi connectivity index (χ1) is 6.58. The zero-order valence-corrected chi connectivity index (χ0v) is 9.49. The molecule has 0 spiro atoms. The van der Waals surface area contributed by atoms with Crippen molar-refractivity contribution in [3.63, 3.8) is 0 Å². The molecule has 0 nitrogen and oxygen atoms in total. The van der Waals surface area contributed by atoms with Gasteiger partial charge in [0.1, 0.15) is 0 Å². The summed E-state index contributed by atoms with van der Waals surface area (Å²) in [6, 6.07) is 0. The molecule has 0 aliphatic heterocycles. The van der Waals surface area contributed by atoms with E-state index in [-0.39, 0.29) is 0 Å². The fourth-order valence-corrected chi connectivity index (χ4v) is 1.46. The third kappa shape index (κ3) is 3.27. The minimum absolute atomic E-state index is 0.864. The smallest absolute Gasteiger partial charge is 0.00791 e. The Morgan fingerprint density at radius 1 is 1.07 bits per heavy atom. The van der Waals surface area contributed by atoms with Gasteiger partial charge in [-0.3, -0.25) is 0 Å². The van der Waals surface area contributed by atoms with E-state index in [0.29, 0.717) is 0 Å². The Hall–Kier alpha value is -1.21. The van der Waals surface area contributed by atoms with Gasteiger partial charge in [0, 0.05) is 4.91 Å². The van der Waals surface area contributed by atoms with Crippen LogP contribution in [-0.2, 0) is 0 Å². The summed E-state index contributed by atoms with van der Waals surface area (Å²) in [4.78, 5) is 0.956. The van der Waals surface area contributed by atoms with E-state index in [4.69, 9.17) is 0 Å². The summed E-state index contributed by atoms with van der Waals surface area (Å²) < 4.78 is 0. The monoisotopic (exact) mass is 204 g/mol. The fraction of sp³-hybridized carbons (Fsp3) is 0.0769. The molecule has 0 aliphatic carbocycles. The van der Waals surface area contributed by atoms with Gasteiger partial charge in [-0.15, -0.1) is 0 Å². The number of thioether (sulfide) groups is 1. The molecule has 0 unspecified atom stereocenters. The maximum Gasteiger partial charge on any atom is 0.00791 e. The summed E-state index contributed by atoms with van der Waals surface area (Å²) in [6.07, 6.45) is 3.49. The van der Waals surface area contributed by atoms with Crippen LogP contribution >= 0.6 is 11.8 Å². The maximum absolute atomic E-state index is 3.94. The van der Waals surface area contributed by atoms with E-state index in [2.05, 4.69) is 32.9 Å². The highest BCUT2D eigenvalue weighted by Crippen LogP contribution is 2.28. The summed E-state index contributed by atoms with van der Waals surface area (Å²) in [7, 11) is 0. The Morgan fingerprint density at radius 3 is 2.00 bits per heavy atom. The van der Waals surface area contributed by atoms with Crippen LogP contribution in [0.1, 0.15) is 6.92 Å². The molecule has 0 amide bonds. The highest BCUT2D eigenvalue weighted by molar-refractivity contribution is 8.06. The molecule has 0 radical (unpaired) electrons. The first kappa shape index (κ1) is 12.8. The Bertz CT molecular complexity index is 316. The van der Waals surface area contributed by atoms with Crippen molar-refractivity contribution in [2.24, 2.45) is 0 Å². The SMILES string of the molecule is C=CSC(=C)/C(C)=C(/C=C)C(=C)C=C. The average Bonchev–Trinajstić information content (AvgIpc) is 2.18. The van der Waals surface area contributed by atoms with Crippen molar-refractivity contribution in [2.75, 3.05) is 0 Å². The van der Waals surface area contributed by atoms with E-state index in [9.17, 15) is 0 Å². The molecule has 0 rings (SSSR count). The molecule has 0 bridgehead atoms. The second-order valence-electron chi connectivity index (χ2n) is 2.68. The second-order valence-corrected chi connectivity index (χ2v) is 3.74. The lowest BCUT2D eigenvalue weighted by Crippen LogP contribution is -1.88. The van der Waals surface area contributed by atoms with Crippen molar-refractivity contribution in [2.45, 2.75) is 6.92 Å². The molecule has 14 heavy (non-hydrogen) atoms. The zero-order valence-electron chi connectivity index (χ0n) is 8.68. The highest BCUT2D eigenvalue weighted by Gasteiger charge is 2.03. The summed E-state index contributed by atoms with van der Waals surface area (Å²) in [6.45, 7) is 20.9. The van der Waals surface area contributed by atoms with Gasteiger partial charge in [0.05, 0.1) is 0 Å². The third-order valence-corrected chi connectivity index (χ3v) is 2.60. The first-order valence-electron chi connectivity index (χ1n) is 4.20. The molecule has 0 aromatic carbocycles. The molecule has 0 aromatic rings. The van der Waals surface area contributed by atoms with Crippen molar-refractivity contribution in [1.82, 2.24) is 0 Å². The van der Waals surface area contributed by atoms with Gasteiger partial charge >= 0.3 is 0 Å². The van der Waals surface area contributed by atoms with Crippen LogP contribution in [0.15, 0.2) is 72.1 Å². The fourth-order valence-electron chi connectivity index (χ4n) is 0.974. The first-order valence-corrected chi connectivity index (χ1v) is 5.08. The lowest BCUT2D eigenvalue weighted by atomic mass is 10.0. The standard InChI is InChI=1S/C13H16S/c1-7-10(4)13(8-2)11(5)12(6)14-9-3/h7-9H,1-4,6H2,5H3/b13-11-. The lowest BCUT2D eigenvalue weighted by molar-refractivity contribution is 1.41. The van der Waals surface area contributed by atoms with Crippen molar-refractivity contribution >= 4 is 11.8 Å². The van der Waals surface area contributed by atoms with Gasteiger partial charge in [-0.05, 0) is 29.1 Å². The number of hydrogen-bond acceptors (Lipinski definition) is 1. The summed E-state index contributed by atoms with van der Waals surface area (Å²) in [5.74, 6) is 0. The van der Waals surface area contributed by atoms with E-state index in [1.165, 1.54) is 11.8 Å². The lowest BCUT2D eigenvalue weighted by Gasteiger charge is -2.09. The molecular formula is C13H16S. The molecule has 0 atom stereocenters. The molecule has 0 saturated heterocycles. The Balaban J connectivity index is 5.10. The van der Waals surface area contributed by atoms with E-state index in [1.54, 1.807) is 17.6 Å².